The average Bonchev–Trinajstić information content (AvgIpc) is 3.80. The smallest absolute Gasteiger partial charge is 0.161 e. The van der Waals surface area contributed by atoms with E-state index in [9.17, 15) is 0 Å². The highest BCUT2D eigenvalue weighted by Gasteiger charge is 2.15. The van der Waals surface area contributed by atoms with Gasteiger partial charge in [0.25, 0.3) is 0 Å². The zero-order valence-electron chi connectivity index (χ0n) is 25.9. The largest absolute Gasteiger partial charge is 0.227 e. The van der Waals surface area contributed by atoms with E-state index in [4.69, 9.17) is 19.9 Å². The van der Waals surface area contributed by atoms with Gasteiger partial charge in [-0.2, -0.15) is 0 Å². The molecule has 8 aromatic rings. The fraction of sp³-hybridized carbons (Fsp3) is 0.100. The minimum Gasteiger partial charge on any atom is -0.227 e. The molecule has 0 fully saturated rings. The minimum atomic E-state index is 0.782. The van der Waals surface area contributed by atoms with Gasteiger partial charge in [0.1, 0.15) is 9.66 Å². The van der Waals surface area contributed by atoms with Gasteiger partial charge in [-0.05, 0) is 29.7 Å². The highest BCUT2D eigenvalue weighted by atomic mass is 32.2. The van der Waals surface area contributed by atoms with E-state index < -0.39 is 0 Å². The first-order valence-electron chi connectivity index (χ1n) is 15.7. The van der Waals surface area contributed by atoms with E-state index in [1.165, 1.54) is 17.1 Å². The highest BCUT2D eigenvalue weighted by molar-refractivity contribution is 8.01. The van der Waals surface area contributed by atoms with E-state index in [2.05, 4.69) is 73.0 Å². The molecule has 0 aliphatic rings. The van der Waals surface area contributed by atoms with Crippen molar-refractivity contribution >= 4 is 54.9 Å². The van der Waals surface area contributed by atoms with Crippen molar-refractivity contribution in [1.82, 2.24) is 19.9 Å². The maximum absolute atomic E-state index is 4.94. The molecular formula is C40H32N4S3. The number of benzene rings is 4. The van der Waals surface area contributed by atoms with Crippen LogP contribution in [0.2, 0.25) is 0 Å². The van der Waals surface area contributed by atoms with Gasteiger partial charge in [-0.25, -0.2) is 19.9 Å². The van der Waals surface area contributed by atoms with E-state index in [-0.39, 0.29) is 0 Å². The number of fused-ring (bicyclic) bond motifs is 2. The molecule has 0 aliphatic carbocycles. The van der Waals surface area contributed by atoms with Gasteiger partial charge in [0, 0.05) is 33.0 Å². The van der Waals surface area contributed by atoms with Gasteiger partial charge in [0.15, 0.2) is 11.6 Å². The second-order valence-corrected chi connectivity index (χ2v) is 14.2. The van der Waals surface area contributed by atoms with Crippen LogP contribution in [0.15, 0.2) is 143 Å². The number of hydrogen-bond donors (Lipinski definition) is 0. The molecule has 230 valence electrons. The molecule has 0 bridgehead atoms. The van der Waals surface area contributed by atoms with Gasteiger partial charge in [-0.3, -0.25) is 0 Å². The molecule has 8 rings (SSSR count). The lowest BCUT2D eigenvalue weighted by Crippen LogP contribution is -1.92. The lowest BCUT2D eigenvalue weighted by Gasteiger charge is -2.06. The van der Waals surface area contributed by atoms with Gasteiger partial charge < -0.3 is 0 Å². The topological polar surface area (TPSA) is 51.6 Å². The molecule has 0 saturated carbocycles. The number of nitrogens with zero attached hydrogens (tertiary/aromatic N) is 4. The fourth-order valence-corrected chi connectivity index (χ4v) is 8.29. The molecule has 7 heteroatoms. The SMILES string of the molecule is CCCCSc1cc2c(-c3ccccc3)nc(-c3ccccc3)nc2s1.c1ccc(-c2nc(-c3ccccc3)c3ccsc3n2)cc1. The average molecular weight is 665 g/mol. The van der Waals surface area contributed by atoms with Crippen LogP contribution >= 0.6 is 34.4 Å². The summed E-state index contributed by atoms with van der Waals surface area (Å²) in [5.41, 5.74) is 6.39. The summed E-state index contributed by atoms with van der Waals surface area (Å²) in [5.74, 6) is 2.73. The van der Waals surface area contributed by atoms with Crippen molar-refractivity contribution in [3.05, 3.63) is 139 Å². The normalized spacial score (nSPS) is 11.0. The van der Waals surface area contributed by atoms with Gasteiger partial charge in [-0.1, -0.05) is 135 Å². The molecule has 47 heavy (non-hydrogen) atoms. The lowest BCUT2D eigenvalue weighted by molar-refractivity contribution is 0.896. The van der Waals surface area contributed by atoms with Gasteiger partial charge >= 0.3 is 0 Å². The molecule has 0 saturated heterocycles. The number of rotatable bonds is 8. The van der Waals surface area contributed by atoms with Crippen LogP contribution in [-0.4, -0.2) is 25.7 Å². The molecule has 0 amide bonds. The number of thioether (sulfide) groups is 1. The lowest BCUT2D eigenvalue weighted by atomic mass is 10.1. The first-order valence-corrected chi connectivity index (χ1v) is 18.4. The Morgan fingerprint density at radius 1 is 0.532 bits per heavy atom. The summed E-state index contributed by atoms with van der Waals surface area (Å²) in [6, 6.07) is 45.4. The van der Waals surface area contributed by atoms with Crippen LogP contribution in [0.1, 0.15) is 19.8 Å². The van der Waals surface area contributed by atoms with E-state index in [0.717, 1.165) is 71.5 Å². The Bertz CT molecular complexity index is 2200. The van der Waals surface area contributed by atoms with Crippen molar-refractivity contribution in [3.63, 3.8) is 0 Å². The molecule has 4 aromatic carbocycles. The van der Waals surface area contributed by atoms with Crippen molar-refractivity contribution in [2.45, 2.75) is 24.0 Å². The summed E-state index contributed by atoms with van der Waals surface area (Å²) in [6.45, 7) is 2.23. The molecular weight excluding hydrogens is 633 g/mol. The van der Waals surface area contributed by atoms with Crippen molar-refractivity contribution in [2.75, 3.05) is 5.75 Å². The Balaban J connectivity index is 0.000000153. The second kappa shape index (κ2) is 14.8. The Morgan fingerprint density at radius 2 is 1.02 bits per heavy atom. The van der Waals surface area contributed by atoms with E-state index in [0.29, 0.717) is 0 Å². The molecule has 0 atom stereocenters. The first-order chi connectivity index (χ1) is 23.3. The van der Waals surface area contributed by atoms with Crippen LogP contribution < -0.4 is 0 Å². The molecule has 0 spiro atoms. The van der Waals surface area contributed by atoms with Crippen LogP contribution in [0.4, 0.5) is 0 Å². The summed E-state index contributed by atoms with van der Waals surface area (Å²) < 4.78 is 1.32. The molecule has 0 N–H and O–H groups in total. The monoisotopic (exact) mass is 664 g/mol. The van der Waals surface area contributed by atoms with Gasteiger partial charge in [0.2, 0.25) is 0 Å². The molecule has 0 aliphatic heterocycles. The van der Waals surface area contributed by atoms with Crippen LogP contribution in [-0.2, 0) is 0 Å². The van der Waals surface area contributed by atoms with Crippen LogP contribution in [0, 0.1) is 0 Å². The van der Waals surface area contributed by atoms with E-state index >= 15 is 0 Å². The number of unbranched alkanes of at least 4 members (excludes halogenated alkanes) is 1. The third-order valence-corrected chi connectivity index (χ3v) is 10.7. The summed E-state index contributed by atoms with van der Waals surface area (Å²) in [5, 5.41) is 4.34. The van der Waals surface area contributed by atoms with Crippen molar-refractivity contribution in [2.24, 2.45) is 0 Å². The Labute approximate surface area is 287 Å². The summed E-state index contributed by atoms with van der Waals surface area (Å²) in [4.78, 5) is 21.4. The van der Waals surface area contributed by atoms with Gasteiger partial charge in [0.05, 0.1) is 15.6 Å². The zero-order chi connectivity index (χ0) is 31.8. The van der Waals surface area contributed by atoms with Crippen LogP contribution in [0.5, 0.6) is 0 Å². The van der Waals surface area contributed by atoms with Crippen molar-refractivity contribution < 1.29 is 0 Å². The Kier molecular flexibility index (Phi) is 9.75. The molecule has 4 aromatic heterocycles. The Hall–Kier alpha value is -4.69. The Morgan fingerprint density at radius 3 is 1.55 bits per heavy atom. The maximum atomic E-state index is 4.94. The number of hydrogen-bond acceptors (Lipinski definition) is 7. The van der Waals surface area contributed by atoms with Crippen LogP contribution in [0.25, 0.3) is 65.7 Å². The van der Waals surface area contributed by atoms with E-state index in [1.807, 2.05) is 84.6 Å². The predicted molar refractivity (Wildman–Crippen MR) is 202 cm³/mol. The van der Waals surface area contributed by atoms with Crippen molar-refractivity contribution in [1.29, 1.82) is 0 Å². The van der Waals surface area contributed by atoms with Crippen molar-refractivity contribution in [3.8, 4) is 45.3 Å². The summed E-state index contributed by atoms with van der Waals surface area (Å²) >= 11 is 5.36. The fourth-order valence-electron chi connectivity index (χ4n) is 5.21. The van der Waals surface area contributed by atoms with Gasteiger partial charge in [-0.15, -0.1) is 34.4 Å². The third-order valence-electron chi connectivity index (χ3n) is 7.60. The molecule has 0 unspecified atom stereocenters. The molecule has 4 heterocycles. The molecule has 4 nitrogen and oxygen atoms in total. The highest BCUT2D eigenvalue weighted by Crippen LogP contribution is 2.38. The van der Waals surface area contributed by atoms with E-state index in [1.54, 1.807) is 22.7 Å². The number of aromatic nitrogens is 4. The summed E-state index contributed by atoms with van der Waals surface area (Å²) in [7, 11) is 0. The third kappa shape index (κ3) is 7.18. The number of thiophene rings is 2. The maximum Gasteiger partial charge on any atom is 0.161 e. The van der Waals surface area contributed by atoms with Crippen LogP contribution in [0.3, 0.4) is 0 Å². The first kappa shape index (κ1) is 30.9. The summed E-state index contributed by atoms with van der Waals surface area (Å²) in [6.07, 6.45) is 2.47. The zero-order valence-corrected chi connectivity index (χ0v) is 28.4. The quantitative estimate of drug-likeness (QED) is 0.119. The predicted octanol–water partition coefficient (Wildman–Crippen LogP) is 11.9. The standard InChI is InChI=1S/C22H20N2S2.C18H12N2S/c1-2-3-14-25-19-15-18-20(16-10-6-4-7-11-16)23-21(24-22(18)26-19)17-12-8-5-9-13-17;1-3-7-13(8-4-1)16-15-11-12-21-18(15)20-17(19-16)14-9-5-2-6-10-14/h4-13,15H,2-3,14H2,1H3;1-12H. The minimum absolute atomic E-state index is 0.782. The second-order valence-electron chi connectivity index (χ2n) is 10.9. The molecule has 0 radical (unpaired) electrons.